The Hall–Kier alpha value is -1.71. The van der Waals surface area contributed by atoms with Gasteiger partial charge in [-0.1, -0.05) is 13.8 Å². The second-order valence-corrected chi connectivity index (χ2v) is 3.98. The van der Waals surface area contributed by atoms with Gasteiger partial charge >= 0.3 is 0 Å². The zero-order chi connectivity index (χ0) is 13.4. The molecule has 100 valence electrons. The van der Waals surface area contributed by atoms with Gasteiger partial charge in [0.15, 0.2) is 6.10 Å². The second kappa shape index (κ2) is 7.58. The van der Waals surface area contributed by atoms with Gasteiger partial charge in [0, 0.05) is 6.54 Å². The van der Waals surface area contributed by atoms with Gasteiger partial charge in [-0.25, -0.2) is 0 Å². The van der Waals surface area contributed by atoms with Crippen molar-refractivity contribution >= 4 is 5.91 Å². The summed E-state index contributed by atoms with van der Waals surface area (Å²) in [6.45, 7) is 4.63. The average Bonchev–Trinajstić information content (AvgIpc) is 2.42. The molecule has 1 aromatic carbocycles. The molecule has 1 N–H and O–H groups in total. The smallest absolute Gasteiger partial charge is 0.261 e. The largest absolute Gasteiger partial charge is 0.497 e. The molecule has 0 aliphatic carbocycles. The summed E-state index contributed by atoms with van der Waals surface area (Å²) in [5.41, 5.74) is 0. The SMILES string of the molecule is CCCNC(=O)[C@@H](CC)Oc1ccc(OC)cc1. The minimum absolute atomic E-state index is 0.0600. The van der Waals surface area contributed by atoms with Gasteiger partial charge in [0.2, 0.25) is 0 Å². The Morgan fingerprint density at radius 3 is 2.33 bits per heavy atom. The molecule has 0 aliphatic heterocycles. The van der Waals surface area contributed by atoms with Crippen LogP contribution >= 0.6 is 0 Å². The number of hydrogen-bond acceptors (Lipinski definition) is 3. The van der Waals surface area contributed by atoms with Crippen LogP contribution in [0.25, 0.3) is 0 Å². The Bertz CT molecular complexity index is 362. The standard InChI is InChI=1S/C14H21NO3/c1-4-10-15-14(16)13(5-2)18-12-8-6-11(17-3)7-9-12/h6-9,13H,4-5,10H2,1-3H3,(H,15,16)/t13-/m1/s1. The number of rotatable bonds is 7. The van der Waals surface area contributed by atoms with Crippen molar-refractivity contribution in [3.8, 4) is 11.5 Å². The lowest BCUT2D eigenvalue weighted by molar-refractivity contribution is -0.128. The Kier molecular flexibility index (Phi) is 6.05. The lowest BCUT2D eigenvalue weighted by Crippen LogP contribution is -2.38. The van der Waals surface area contributed by atoms with Gasteiger partial charge in [-0.3, -0.25) is 4.79 Å². The van der Waals surface area contributed by atoms with Crippen LogP contribution < -0.4 is 14.8 Å². The Morgan fingerprint density at radius 2 is 1.83 bits per heavy atom. The number of hydrogen-bond donors (Lipinski definition) is 1. The van der Waals surface area contributed by atoms with E-state index in [0.717, 1.165) is 12.2 Å². The third-order valence-corrected chi connectivity index (χ3v) is 2.55. The van der Waals surface area contributed by atoms with Gasteiger partial charge in [-0.2, -0.15) is 0 Å². The molecule has 0 aliphatic rings. The van der Waals surface area contributed by atoms with E-state index in [9.17, 15) is 4.79 Å². The number of methoxy groups -OCH3 is 1. The van der Waals surface area contributed by atoms with E-state index in [2.05, 4.69) is 5.32 Å². The molecule has 1 aromatic rings. The van der Waals surface area contributed by atoms with Crippen LogP contribution in [0.4, 0.5) is 0 Å². The van der Waals surface area contributed by atoms with Gasteiger partial charge in [0.25, 0.3) is 5.91 Å². The fourth-order valence-electron chi connectivity index (χ4n) is 1.50. The van der Waals surface area contributed by atoms with Gasteiger partial charge in [0.05, 0.1) is 7.11 Å². The Labute approximate surface area is 108 Å². The number of benzene rings is 1. The number of nitrogens with one attached hydrogen (secondary N) is 1. The van der Waals surface area contributed by atoms with Crippen molar-refractivity contribution in [1.82, 2.24) is 5.32 Å². The molecule has 18 heavy (non-hydrogen) atoms. The predicted molar refractivity (Wildman–Crippen MR) is 71.0 cm³/mol. The lowest BCUT2D eigenvalue weighted by atomic mass is 10.2. The molecule has 4 nitrogen and oxygen atoms in total. The maximum Gasteiger partial charge on any atom is 0.261 e. The van der Waals surface area contributed by atoms with Crippen LogP contribution in [0.5, 0.6) is 11.5 Å². The first-order valence-corrected chi connectivity index (χ1v) is 6.29. The van der Waals surface area contributed by atoms with E-state index in [1.807, 2.05) is 26.0 Å². The van der Waals surface area contributed by atoms with Crippen LogP contribution in [-0.2, 0) is 4.79 Å². The monoisotopic (exact) mass is 251 g/mol. The van der Waals surface area contributed by atoms with Crippen molar-refractivity contribution in [1.29, 1.82) is 0 Å². The highest BCUT2D eigenvalue weighted by Crippen LogP contribution is 2.18. The minimum atomic E-state index is -0.440. The fourth-order valence-corrected chi connectivity index (χ4v) is 1.50. The maximum absolute atomic E-state index is 11.8. The van der Waals surface area contributed by atoms with Gasteiger partial charge in [0.1, 0.15) is 11.5 Å². The Balaban J connectivity index is 2.58. The highest BCUT2D eigenvalue weighted by atomic mass is 16.5. The van der Waals surface area contributed by atoms with Gasteiger partial charge < -0.3 is 14.8 Å². The molecule has 0 bridgehead atoms. The number of ether oxygens (including phenoxy) is 2. The average molecular weight is 251 g/mol. The highest BCUT2D eigenvalue weighted by molar-refractivity contribution is 5.81. The molecule has 4 heteroatoms. The normalized spacial score (nSPS) is 11.7. The van der Waals surface area contributed by atoms with E-state index in [4.69, 9.17) is 9.47 Å². The molecule has 0 spiro atoms. The topological polar surface area (TPSA) is 47.6 Å². The molecule has 1 atom stereocenters. The van der Waals surface area contributed by atoms with Crippen LogP contribution in [0.3, 0.4) is 0 Å². The minimum Gasteiger partial charge on any atom is -0.497 e. The molecule has 0 heterocycles. The number of carbonyl (C=O) groups is 1. The summed E-state index contributed by atoms with van der Waals surface area (Å²) in [6, 6.07) is 7.22. The zero-order valence-corrected chi connectivity index (χ0v) is 11.2. The Morgan fingerprint density at radius 1 is 1.22 bits per heavy atom. The molecule has 1 rings (SSSR count). The third-order valence-electron chi connectivity index (χ3n) is 2.55. The molecule has 0 radical (unpaired) electrons. The zero-order valence-electron chi connectivity index (χ0n) is 11.2. The molecule has 0 saturated carbocycles. The third kappa shape index (κ3) is 4.28. The van der Waals surface area contributed by atoms with Crippen molar-refractivity contribution in [2.45, 2.75) is 32.8 Å². The first-order chi connectivity index (χ1) is 8.71. The summed E-state index contributed by atoms with van der Waals surface area (Å²) in [7, 11) is 1.61. The van der Waals surface area contributed by atoms with Crippen molar-refractivity contribution in [2.24, 2.45) is 0 Å². The molecule has 0 aromatic heterocycles. The molecule has 0 saturated heterocycles. The lowest BCUT2D eigenvalue weighted by Gasteiger charge is -2.17. The van der Waals surface area contributed by atoms with Gasteiger partial charge in [-0.15, -0.1) is 0 Å². The van der Waals surface area contributed by atoms with E-state index in [1.165, 1.54) is 0 Å². The molecular formula is C14H21NO3. The summed E-state index contributed by atoms with van der Waals surface area (Å²) < 4.78 is 10.7. The van der Waals surface area contributed by atoms with Crippen LogP contribution in [0.15, 0.2) is 24.3 Å². The van der Waals surface area contributed by atoms with Crippen LogP contribution in [-0.4, -0.2) is 25.7 Å². The van der Waals surface area contributed by atoms with Crippen LogP contribution in [0, 0.1) is 0 Å². The van der Waals surface area contributed by atoms with E-state index < -0.39 is 6.10 Å². The van der Waals surface area contributed by atoms with Crippen LogP contribution in [0.2, 0.25) is 0 Å². The van der Waals surface area contributed by atoms with Crippen molar-refractivity contribution in [3.63, 3.8) is 0 Å². The predicted octanol–water partition coefficient (Wildman–Crippen LogP) is 2.38. The van der Waals surface area contributed by atoms with E-state index in [1.54, 1.807) is 19.2 Å². The number of amides is 1. The number of carbonyl (C=O) groups excluding carboxylic acids is 1. The van der Waals surface area contributed by atoms with Crippen molar-refractivity contribution in [3.05, 3.63) is 24.3 Å². The molecule has 1 amide bonds. The quantitative estimate of drug-likeness (QED) is 0.809. The van der Waals surface area contributed by atoms with Crippen LogP contribution in [0.1, 0.15) is 26.7 Å². The summed E-state index contributed by atoms with van der Waals surface area (Å²) in [5, 5.41) is 2.84. The molecule has 0 unspecified atom stereocenters. The van der Waals surface area contributed by atoms with Gasteiger partial charge in [-0.05, 0) is 37.1 Å². The summed E-state index contributed by atoms with van der Waals surface area (Å²) in [4.78, 5) is 11.8. The van der Waals surface area contributed by atoms with Crippen molar-refractivity contribution in [2.75, 3.05) is 13.7 Å². The van der Waals surface area contributed by atoms with Crippen molar-refractivity contribution < 1.29 is 14.3 Å². The second-order valence-electron chi connectivity index (χ2n) is 3.98. The van der Waals surface area contributed by atoms with E-state index in [0.29, 0.717) is 18.7 Å². The fraction of sp³-hybridized carbons (Fsp3) is 0.500. The van der Waals surface area contributed by atoms with E-state index >= 15 is 0 Å². The van der Waals surface area contributed by atoms with E-state index in [-0.39, 0.29) is 5.91 Å². The highest BCUT2D eigenvalue weighted by Gasteiger charge is 2.17. The summed E-state index contributed by atoms with van der Waals surface area (Å²) in [5.74, 6) is 1.38. The summed E-state index contributed by atoms with van der Waals surface area (Å²) in [6.07, 6.45) is 1.12. The molecule has 0 fully saturated rings. The first kappa shape index (κ1) is 14.4. The summed E-state index contributed by atoms with van der Waals surface area (Å²) >= 11 is 0. The molecular weight excluding hydrogens is 230 g/mol. The maximum atomic E-state index is 11.8. The first-order valence-electron chi connectivity index (χ1n) is 6.29.